The number of hydrogen-bond donors (Lipinski definition) is 2. The van der Waals surface area contributed by atoms with Crippen LogP contribution in [0.2, 0.25) is 0 Å². The lowest BCUT2D eigenvalue weighted by atomic mass is 9.95. The smallest absolute Gasteiger partial charge is 0.319 e. The van der Waals surface area contributed by atoms with Crippen LogP contribution in [-0.2, 0) is 0 Å². The van der Waals surface area contributed by atoms with Crippen molar-refractivity contribution in [2.75, 3.05) is 37.7 Å². The van der Waals surface area contributed by atoms with Gasteiger partial charge in [0.15, 0.2) is 5.82 Å². The van der Waals surface area contributed by atoms with E-state index in [0.717, 1.165) is 32.2 Å². The van der Waals surface area contributed by atoms with E-state index in [9.17, 15) is 13.9 Å². The number of terminal acetylenes is 1. The second kappa shape index (κ2) is 10.1. The van der Waals surface area contributed by atoms with E-state index in [0.29, 0.717) is 36.1 Å². The van der Waals surface area contributed by atoms with E-state index < -0.39 is 23.3 Å². The van der Waals surface area contributed by atoms with E-state index in [1.54, 1.807) is 0 Å². The summed E-state index contributed by atoms with van der Waals surface area (Å²) in [5.74, 6) is 1.35. The van der Waals surface area contributed by atoms with E-state index in [2.05, 4.69) is 31.0 Å². The highest BCUT2D eigenvalue weighted by Gasteiger charge is 2.50. The number of aromatic nitrogens is 3. The number of halogens is 3. The van der Waals surface area contributed by atoms with Crippen LogP contribution in [0, 0.1) is 24.0 Å². The van der Waals surface area contributed by atoms with Crippen molar-refractivity contribution in [2.24, 2.45) is 0 Å². The van der Waals surface area contributed by atoms with Crippen LogP contribution in [0.5, 0.6) is 17.6 Å². The molecule has 2 aromatic carbocycles. The van der Waals surface area contributed by atoms with Crippen molar-refractivity contribution in [1.29, 1.82) is 0 Å². The monoisotopic (exact) mass is 628 g/mol. The highest BCUT2D eigenvalue weighted by molar-refractivity contribution is 6.04. The van der Waals surface area contributed by atoms with Crippen LogP contribution in [0.1, 0.15) is 37.7 Å². The zero-order valence-corrected chi connectivity index (χ0v) is 24.9. The lowest BCUT2D eigenvalue weighted by molar-refractivity contribution is 0.107. The summed E-state index contributed by atoms with van der Waals surface area (Å²) in [6, 6.07) is 5.72. The highest BCUT2D eigenvalue weighted by Crippen LogP contribution is 2.45. The van der Waals surface area contributed by atoms with Crippen LogP contribution < -0.4 is 19.7 Å². The van der Waals surface area contributed by atoms with E-state index in [4.69, 9.17) is 20.9 Å². The summed E-state index contributed by atoms with van der Waals surface area (Å²) >= 11 is 0. The SMILES string of the molecule is C#Cc1c(F)ccc2cc(O)cc(-c3nc4c5c(nc(OC[C@@]67CCCN6C[C@H](F)C7)nc5c3F)N3C[C@H]5CC[C@H](N5)[C@H]3CO4)c12. The van der Waals surface area contributed by atoms with Gasteiger partial charge in [0.2, 0.25) is 5.88 Å². The molecular formula is C34H31F3N6O3. The lowest BCUT2D eigenvalue weighted by Gasteiger charge is -2.40. The summed E-state index contributed by atoms with van der Waals surface area (Å²) in [7, 11) is 0. The molecule has 0 saturated carbocycles. The van der Waals surface area contributed by atoms with Gasteiger partial charge < -0.3 is 24.8 Å². The second-order valence-electron chi connectivity index (χ2n) is 13.2. The Hall–Kier alpha value is -4.34. The zero-order chi connectivity index (χ0) is 31.3. The Morgan fingerprint density at radius 2 is 2.04 bits per heavy atom. The minimum absolute atomic E-state index is 0.0179. The maximum absolute atomic E-state index is 17.0. The molecule has 4 aromatic rings. The first-order valence-electron chi connectivity index (χ1n) is 15.8. The molecule has 2 N–H and O–H groups in total. The van der Waals surface area contributed by atoms with E-state index >= 15 is 4.39 Å². The number of rotatable bonds is 4. The van der Waals surface area contributed by atoms with Gasteiger partial charge in [-0.05, 0) is 55.8 Å². The van der Waals surface area contributed by atoms with Gasteiger partial charge >= 0.3 is 6.01 Å². The van der Waals surface area contributed by atoms with Crippen molar-refractivity contribution in [2.45, 2.75) is 61.9 Å². The molecule has 12 heteroatoms. The predicted octanol–water partition coefficient (Wildman–Crippen LogP) is 4.47. The van der Waals surface area contributed by atoms with Crippen LogP contribution in [0.15, 0.2) is 24.3 Å². The van der Waals surface area contributed by atoms with Gasteiger partial charge in [-0.3, -0.25) is 4.90 Å². The van der Waals surface area contributed by atoms with Crippen molar-refractivity contribution in [1.82, 2.24) is 25.2 Å². The number of phenols is 1. The number of benzene rings is 2. The van der Waals surface area contributed by atoms with Gasteiger partial charge in [0.25, 0.3) is 0 Å². The third kappa shape index (κ3) is 4.07. The Kier molecular flexibility index (Phi) is 6.12. The molecule has 4 fully saturated rings. The lowest BCUT2D eigenvalue weighted by Crippen LogP contribution is -2.60. The number of nitrogens with one attached hydrogen (secondary N) is 1. The molecule has 9 nitrogen and oxygen atoms in total. The molecule has 236 valence electrons. The first kappa shape index (κ1) is 27.9. The standard InChI is InChI=1S/C34H31F3N6O3/c1-2-21-23(36)6-4-17-10-20(44)11-22(26(17)21)29-28(37)30-27-31(43-14-19-5-7-24(38-19)25(43)15-45-32(27)39-29)41-33(40-30)46-16-34-8-3-9-42(34)13-18(35)12-34/h1,4,6,10-11,18-19,24-25,38,44H,3,5,7-9,12-16H2/t18-,19-,24+,25-,34+/m1/s1. The third-order valence-electron chi connectivity index (χ3n) is 10.6. The maximum atomic E-state index is 17.0. The average molecular weight is 629 g/mol. The number of fused-ring (bicyclic) bond motifs is 7. The third-order valence-corrected chi connectivity index (χ3v) is 10.6. The number of aromatic hydroxyl groups is 1. The second-order valence-corrected chi connectivity index (χ2v) is 13.2. The topological polar surface area (TPSA) is 95.9 Å². The fourth-order valence-corrected chi connectivity index (χ4v) is 8.56. The highest BCUT2D eigenvalue weighted by atomic mass is 19.1. The Morgan fingerprint density at radius 3 is 2.91 bits per heavy atom. The Bertz CT molecular complexity index is 1990. The van der Waals surface area contributed by atoms with Gasteiger partial charge in [0.1, 0.15) is 53.4 Å². The minimum Gasteiger partial charge on any atom is -0.508 e. The quantitative estimate of drug-likeness (QED) is 0.318. The number of nitrogens with zero attached hydrogens (tertiary/aromatic N) is 5. The predicted molar refractivity (Wildman–Crippen MR) is 165 cm³/mol. The van der Waals surface area contributed by atoms with Crippen LogP contribution >= 0.6 is 0 Å². The zero-order valence-electron chi connectivity index (χ0n) is 24.9. The number of alkyl halides is 1. The number of anilines is 1. The van der Waals surface area contributed by atoms with Gasteiger partial charge in [-0.2, -0.15) is 9.97 Å². The van der Waals surface area contributed by atoms with Crippen LogP contribution in [-0.4, -0.2) is 87.6 Å². The molecule has 2 aromatic heterocycles. The first-order chi connectivity index (χ1) is 22.3. The first-order valence-corrected chi connectivity index (χ1v) is 15.8. The van der Waals surface area contributed by atoms with Crippen LogP contribution in [0.25, 0.3) is 32.9 Å². The fraction of sp³-hybridized carbons (Fsp3) is 0.441. The van der Waals surface area contributed by atoms with Gasteiger partial charge in [0.05, 0.1) is 17.1 Å². The fourth-order valence-electron chi connectivity index (χ4n) is 8.56. The molecule has 0 unspecified atom stereocenters. The molecule has 5 aliphatic heterocycles. The summed E-state index contributed by atoms with van der Waals surface area (Å²) in [6.45, 7) is 2.27. The summed E-state index contributed by atoms with van der Waals surface area (Å²) in [4.78, 5) is 18.4. The summed E-state index contributed by atoms with van der Waals surface area (Å²) in [5.41, 5.74) is -0.688. The summed E-state index contributed by atoms with van der Waals surface area (Å²) in [6.07, 6.45) is 8.89. The molecule has 0 aliphatic carbocycles. The Balaban J connectivity index is 1.25. The number of pyridine rings is 1. The van der Waals surface area contributed by atoms with Crippen LogP contribution in [0.3, 0.4) is 0 Å². The molecule has 2 bridgehead atoms. The molecule has 0 radical (unpaired) electrons. The average Bonchev–Trinajstić information content (AvgIpc) is 3.68. The van der Waals surface area contributed by atoms with Crippen molar-refractivity contribution in [3.8, 4) is 41.2 Å². The molecule has 46 heavy (non-hydrogen) atoms. The minimum atomic E-state index is -0.927. The van der Waals surface area contributed by atoms with Crippen molar-refractivity contribution in [3.05, 3.63) is 41.5 Å². The molecule has 9 rings (SSSR count). The molecule has 0 amide bonds. The molecule has 5 aliphatic rings. The molecule has 7 heterocycles. The molecule has 4 saturated heterocycles. The largest absolute Gasteiger partial charge is 0.508 e. The van der Waals surface area contributed by atoms with Crippen LogP contribution in [0.4, 0.5) is 19.0 Å². The van der Waals surface area contributed by atoms with E-state index in [-0.39, 0.29) is 76.7 Å². The number of phenolic OH excluding ortho intramolecular Hbond substituents is 1. The van der Waals surface area contributed by atoms with Gasteiger partial charge in [-0.15, -0.1) is 6.42 Å². The van der Waals surface area contributed by atoms with Gasteiger partial charge in [-0.25, -0.2) is 18.2 Å². The maximum Gasteiger partial charge on any atom is 0.319 e. The normalized spacial score (nSPS) is 28.2. The Labute approximate surface area is 262 Å². The van der Waals surface area contributed by atoms with Gasteiger partial charge in [-0.1, -0.05) is 12.0 Å². The van der Waals surface area contributed by atoms with Crippen molar-refractivity contribution in [3.63, 3.8) is 0 Å². The van der Waals surface area contributed by atoms with E-state index in [1.807, 2.05) is 0 Å². The molecular weight excluding hydrogens is 597 g/mol. The number of ether oxygens (including phenoxy) is 2. The van der Waals surface area contributed by atoms with Crippen molar-refractivity contribution >= 4 is 27.5 Å². The molecule has 5 atom stereocenters. The number of hydrogen-bond acceptors (Lipinski definition) is 9. The van der Waals surface area contributed by atoms with Gasteiger partial charge in [0, 0.05) is 42.5 Å². The number of piperazine rings is 1. The Morgan fingerprint density at radius 1 is 1.15 bits per heavy atom. The van der Waals surface area contributed by atoms with E-state index in [1.165, 1.54) is 24.3 Å². The van der Waals surface area contributed by atoms with Crippen molar-refractivity contribution < 1.29 is 27.8 Å². The summed E-state index contributed by atoms with van der Waals surface area (Å²) < 4.78 is 59.1. The summed E-state index contributed by atoms with van der Waals surface area (Å²) in [5, 5.41) is 15.3. The molecule has 0 spiro atoms.